The van der Waals surface area contributed by atoms with Crippen LogP contribution in [0, 0.1) is 0 Å². The van der Waals surface area contributed by atoms with Crippen LogP contribution in [0.1, 0.15) is 0 Å². The molecular formula is H5BNOP. The standard InChI is InChI=1S/B.H3N.H2O.P/h;1H3;1H2;. The molecular weight excluding hydrogens is 71.8 g/mol. The third-order valence-corrected chi connectivity index (χ3v) is 0. The van der Waals surface area contributed by atoms with Crippen LogP contribution in [-0.2, 0) is 0 Å². The highest BCUT2D eigenvalue weighted by atomic mass is 31.0. The topological polar surface area (TPSA) is 66.5 Å². The van der Waals surface area contributed by atoms with E-state index in [1.165, 1.54) is 0 Å². The molecule has 0 aliphatic heterocycles. The Labute approximate surface area is 31.1 Å². The SMILES string of the molecule is N.O.[B].[P]. The van der Waals surface area contributed by atoms with Gasteiger partial charge in [0, 0.05) is 18.3 Å². The van der Waals surface area contributed by atoms with Crippen molar-refractivity contribution < 1.29 is 5.48 Å². The number of rotatable bonds is 0. The van der Waals surface area contributed by atoms with Gasteiger partial charge in [0.05, 0.1) is 0 Å². The third kappa shape index (κ3) is 28.1. The molecule has 0 aromatic heterocycles. The summed E-state index contributed by atoms with van der Waals surface area (Å²) in [6, 6.07) is 0. The highest BCUT2D eigenvalue weighted by molar-refractivity contribution is 6.92. The minimum absolute atomic E-state index is 0. The van der Waals surface area contributed by atoms with Crippen LogP contribution in [0.2, 0.25) is 0 Å². The van der Waals surface area contributed by atoms with Gasteiger partial charge in [0.25, 0.3) is 0 Å². The van der Waals surface area contributed by atoms with Crippen molar-refractivity contribution in [3.63, 3.8) is 0 Å². The van der Waals surface area contributed by atoms with Crippen LogP contribution in [0.3, 0.4) is 0 Å². The largest absolute Gasteiger partial charge is 0.412 e. The summed E-state index contributed by atoms with van der Waals surface area (Å²) in [4.78, 5) is 0. The van der Waals surface area contributed by atoms with Gasteiger partial charge >= 0.3 is 0 Å². The van der Waals surface area contributed by atoms with Crippen molar-refractivity contribution in [1.82, 2.24) is 6.15 Å². The van der Waals surface area contributed by atoms with Crippen LogP contribution >= 0.6 is 9.90 Å². The van der Waals surface area contributed by atoms with E-state index in [0.29, 0.717) is 0 Å². The van der Waals surface area contributed by atoms with E-state index in [9.17, 15) is 0 Å². The van der Waals surface area contributed by atoms with Gasteiger partial charge in [0.2, 0.25) is 0 Å². The zero-order valence-electron chi connectivity index (χ0n) is 2.23. The molecule has 0 aromatic carbocycles. The fourth-order valence-electron chi connectivity index (χ4n) is 0. The Balaban J connectivity index is 0. The maximum Gasteiger partial charge on any atom is 0 e. The molecule has 0 saturated heterocycles. The molecule has 0 unspecified atom stereocenters. The molecule has 0 atom stereocenters. The van der Waals surface area contributed by atoms with Gasteiger partial charge in [0.15, 0.2) is 0 Å². The van der Waals surface area contributed by atoms with Gasteiger partial charge in [-0.05, 0) is 0 Å². The van der Waals surface area contributed by atoms with E-state index in [4.69, 9.17) is 0 Å². The Bertz CT molecular complexity index is 8.00. The van der Waals surface area contributed by atoms with Crippen LogP contribution in [0.25, 0.3) is 0 Å². The van der Waals surface area contributed by atoms with Crippen LogP contribution in [0.4, 0.5) is 0 Å². The molecule has 0 aliphatic carbocycles. The summed E-state index contributed by atoms with van der Waals surface area (Å²) >= 11 is 0. The molecule has 0 bridgehead atoms. The molecule has 0 rings (SSSR count). The first-order valence-corrected chi connectivity index (χ1v) is 0. The molecule has 0 aromatic rings. The smallest absolute Gasteiger partial charge is 0 e. The average molecular weight is 76.8 g/mol. The van der Waals surface area contributed by atoms with E-state index < -0.39 is 0 Å². The fourth-order valence-corrected chi connectivity index (χ4v) is 0. The molecule has 0 heterocycles. The summed E-state index contributed by atoms with van der Waals surface area (Å²) in [6.45, 7) is 0. The predicted octanol–water partition coefficient (Wildman–Crippen LogP) is -0.182. The Morgan fingerprint density at radius 1 is 1.00 bits per heavy atom. The van der Waals surface area contributed by atoms with Gasteiger partial charge in [-0.3, -0.25) is 0 Å². The first-order chi connectivity index (χ1) is 0. The first-order valence-electron chi connectivity index (χ1n) is 0. The molecule has 6 radical (unpaired) electrons. The maximum atomic E-state index is 0. The number of hydrogen-bond acceptors (Lipinski definition) is 1. The summed E-state index contributed by atoms with van der Waals surface area (Å²) in [5.74, 6) is 0. The van der Waals surface area contributed by atoms with Crippen molar-refractivity contribution in [2.45, 2.75) is 0 Å². The average Bonchev–Trinajstić information content (AvgIpc) is 0. The second-order valence-corrected chi connectivity index (χ2v) is 0. The molecule has 0 spiro atoms. The van der Waals surface area contributed by atoms with Gasteiger partial charge in [0.1, 0.15) is 0 Å². The molecule has 0 amide bonds. The van der Waals surface area contributed by atoms with Crippen molar-refractivity contribution in [2.75, 3.05) is 0 Å². The van der Waals surface area contributed by atoms with E-state index in [0.717, 1.165) is 0 Å². The molecule has 4 heavy (non-hydrogen) atoms. The highest BCUT2D eigenvalue weighted by Gasteiger charge is 0.00101. The van der Waals surface area contributed by atoms with Gasteiger partial charge < -0.3 is 11.6 Å². The van der Waals surface area contributed by atoms with Crippen molar-refractivity contribution in [1.29, 1.82) is 0 Å². The lowest BCUT2D eigenvalue weighted by atomic mass is 10.8. The van der Waals surface area contributed by atoms with E-state index in [-0.39, 0.29) is 29.9 Å². The fraction of sp³-hybridized carbons (Fsp3) is 0. The Hall–Kier alpha value is 0.415. The van der Waals surface area contributed by atoms with Crippen LogP contribution in [0.15, 0.2) is 0 Å². The highest BCUT2D eigenvalue weighted by Crippen LogP contribution is 0.861. The van der Waals surface area contributed by atoms with E-state index in [1.807, 2.05) is 0 Å². The molecule has 0 aliphatic rings. The first kappa shape index (κ1) is 299. The summed E-state index contributed by atoms with van der Waals surface area (Å²) in [5.41, 5.74) is 0. The second kappa shape index (κ2) is 116. The quantitative estimate of drug-likeness (QED) is 0.316. The monoisotopic (exact) mass is 77.0 g/mol. The summed E-state index contributed by atoms with van der Waals surface area (Å²) in [5, 5.41) is 0. The summed E-state index contributed by atoms with van der Waals surface area (Å²) in [7, 11) is 0. The van der Waals surface area contributed by atoms with E-state index in [2.05, 4.69) is 0 Å². The van der Waals surface area contributed by atoms with Crippen LogP contribution < -0.4 is 6.15 Å². The molecule has 2 nitrogen and oxygen atoms in total. The number of hydrogen-bond donors (Lipinski definition) is 1. The van der Waals surface area contributed by atoms with Crippen molar-refractivity contribution >= 4 is 18.3 Å². The molecule has 0 saturated carbocycles. The molecule has 0 fully saturated rings. The maximum absolute atomic E-state index is 0. The molecule has 24 valence electrons. The van der Waals surface area contributed by atoms with Crippen LogP contribution in [0.5, 0.6) is 0 Å². The lowest BCUT2D eigenvalue weighted by Crippen LogP contribution is -0.481. The van der Waals surface area contributed by atoms with Gasteiger partial charge in [-0.15, -0.1) is 0 Å². The second-order valence-electron chi connectivity index (χ2n) is 0. The van der Waals surface area contributed by atoms with Crippen LogP contribution in [-0.4, -0.2) is 13.9 Å². The van der Waals surface area contributed by atoms with E-state index in [1.54, 1.807) is 0 Å². The minimum Gasteiger partial charge on any atom is -0.412 e. The lowest BCUT2D eigenvalue weighted by Gasteiger charge is -0.412. The minimum atomic E-state index is 0. The van der Waals surface area contributed by atoms with Gasteiger partial charge in [-0.25, -0.2) is 0 Å². The normalized spacial score (nSPS) is 0. The van der Waals surface area contributed by atoms with E-state index >= 15 is 0 Å². The zero-order chi connectivity index (χ0) is 0. The summed E-state index contributed by atoms with van der Waals surface area (Å²) in [6.07, 6.45) is 0. The van der Waals surface area contributed by atoms with Crippen molar-refractivity contribution in [3.8, 4) is 0 Å². The summed E-state index contributed by atoms with van der Waals surface area (Å²) < 4.78 is 0. The van der Waals surface area contributed by atoms with Gasteiger partial charge in [-0.2, -0.15) is 0 Å². The molecule has 4 heteroatoms. The van der Waals surface area contributed by atoms with Crippen molar-refractivity contribution in [2.24, 2.45) is 0 Å². The van der Waals surface area contributed by atoms with Gasteiger partial charge in [-0.1, -0.05) is 0 Å². The Morgan fingerprint density at radius 3 is 1.00 bits per heavy atom. The Kier molecular flexibility index (Phi) is 8650. The third-order valence-electron chi connectivity index (χ3n) is 0. The van der Waals surface area contributed by atoms with Crippen molar-refractivity contribution in [3.05, 3.63) is 0 Å². The lowest BCUT2D eigenvalue weighted by molar-refractivity contribution is 0.824. The zero-order valence-corrected chi connectivity index (χ0v) is 3.13. The predicted molar refractivity (Wildman–Crippen MR) is 21.3 cm³/mol. The Morgan fingerprint density at radius 2 is 1.00 bits per heavy atom. The molecule has 5 N–H and O–H groups in total.